The quantitative estimate of drug-likeness (QED) is 0.767. The van der Waals surface area contributed by atoms with Gasteiger partial charge in [0, 0.05) is 7.05 Å². The number of ether oxygens (including phenoxy) is 1. The number of aryl methyl sites for hydroxylation is 2. The van der Waals surface area contributed by atoms with E-state index in [1.54, 1.807) is 18.0 Å². The van der Waals surface area contributed by atoms with Crippen molar-refractivity contribution in [3.63, 3.8) is 0 Å². The van der Waals surface area contributed by atoms with Crippen LogP contribution in [0.25, 0.3) is 0 Å². The number of amides is 1. The largest absolute Gasteiger partial charge is 0.452 e. The molecule has 1 amide bonds. The molecule has 0 N–H and O–H groups in total. The van der Waals surface area contributed by atoms with Gasteiger partial charge in [-0.15, -0.1) is 0 Å². The molecule has 0 saturated carbocycles. The van der Waals surface area contributed by atoms with Crippen LogP contribution in [-0.2, 0) is 22.4 Å². The minimum Gasteiger partial charge on any atom is -0.452 e. The fraction of sp³-hybridized carbons (Fsp3) is 0.364. The van der Waals surface area contributed by atoms with Crippen LogP contribution in [0.4, 0.5) is 0 Å². The van der Waals surface area contributed by atoms with Gasteiger partial charge < -0.3 is 9.64 Å². The SMILES string of the molecule is C[C@H](c1ccccc1)N(C)C(=O)COC(=O)c1ccc2c(c1)CCCC2. The van der Waals surface area contributed by atoms with E-state index in [9.17, 15) is 9.59 Å². The van der Waals surface area contributed by atoms with Crippen LogP contribution >= 0.6 is 0 Å². The maximum Gasteiger partial charge on any atom is 0.338 e. The summed E-state index contributed by atoms with van der Waals surface area (Å²) in [4.78, 5) is 26.3. The predicted octanol–water partition coefficient (Wildman–Crippen LogP) is 3.94. The number of carbonyl (C=O) groups excluding carboxylic acids is 2. The molecule has 4 nitrogen and oxygen atoms in total. The van der Waals surface area contributed by atoms with E-state index in [4.69, 9.17) is 4.74 Å². The van der Waals surface area contributed by atoms with Crippen molar-refractivity contribution < 1.29 is 14.3 Å². The van der Waals surface area contributed by atoms with Crippen LogP contribution in [0.2, 0.25) is 0 Å². The van der Waals surface area contributed by atoms with Gasteiger partial charge in [0.2, 0.25) is 0 Å². The summed E-state index contributed by atoms with van der Waals surface area (Å²) in [6.45, 7) is 1.71. The standard InChI is InChI=1S/C22H25NO3/c1-16(17-8-4-3-5-9-17)23(2)21(24)15-26-22(25)20-13-12-18-10-6-7-11-19(18)14-20/h3-5,8-9,12-14,16H,6-7,10-11,15H2,1-2H3/t16-/m1/s1. The maximum absolute atomic E-state index is 12.4. The van der Waals surface area contributed by atoms with Gasteiger partial charge in [-0.1, -0.05) is 36.4 Å². The Morgan fingerprint density at radius 1 is 1.04 bits per heavy atom. The van der Waals surface area contributed by atoms with Crippen molar-refractivity contribution in [3.05, 3.63) is 70.8 Å². The van der Waals surface area contributed by atoms with Gasteiger partial charge in [0.05, 0.1) is 11.6 Å². The molecule has 2 aromatic rings. The number of hydrogen-bond acceptors (Lipinski definition) is 3. The average Bonchev–Trinajstić information content (AvgIpc) is 2.70. The highest BCUT2D eigenvalue weighted by molar-refractivity contribution is 5.91. The molecule has 0 saturated heterocycles. The molecular formula is C22H25NO3. The zero-order valence-electron chi connectivity index (χ0n) is 15.4. The smallest absolute Gasteiger partial charge is 0.338 e. The number of rotatable bonds is 5. The Hall–Kier alpha value is -2.62. The zero-order chi connectivity index (χ0) is 18.5. The topological polar surface area (TPSA) is 46.6 Å². The summed E-state index contributed by atoms with van der Waals surface area (Å²) in [6, 6.07) is 15.4. The van der Waals surface area contributed by atoms with Crippen LogP contribution in [0.1, 0.15) is 52.9 Å². The van der Waals surface area contributed by atoms with Crippen molar-refractivity contribution in [1.29, 1.82) is 0 Å². The summed E-state index contributed by atoms with van der Waals surface area (Å²) in [6.07, 6.45) is 4.45. The van der Waals surface area contributed by atoms with Crippen LogP contribution in [0.3, 0.4) is 0 Å². The Labute approximate surface area is 154 Å². The van der Waals surface area contributed by atoms with Crippen molar-refractivity contribution in [3.8, 4) is 0 Å². The molecule has 0 aliphatic heterocycles. The number of nitrogens with zero attached hydrogens (tertiary/aromatic N) is 1. The Balaban J connectivity index is 1.58. The summed E-state index contributed by atoms with van der Waals surface area (Å²) in [5.41, 5.74) is 4.12. The lowest BCUT2D eigenvalue weighted by Crippen LogP contribution is -2.33. The van der Waals surface area contributed by atoms with Crippen molar-refractivity contribution in [1.82, 2.24) is 4.90 Å². The third-order valence-corrected chi connectivity index (χ3v) is 5.17. The highest BCUT2D eigenvalue weighted by Crippen LogP contribution is 2.23. The molecule has 3 rings (SSSR count). The Bertz CT molecular complexity index is 785. The molecule has 1 aliphatic rings. The first-order valence-electron chi connectivity index (χ1n) is 9.16. The van der Waals surface area contributed by atoms with Gasteiger partial charge in [-0.25, -0.2) is 4.79 Å². The van der Waals surface area contributed by atoms with Gasteiger partial charge in [-0.3, -0.25) is 4.79 Å². The third-order valence-electron chi connectivity index (χ3n) is 5.17. The van der Waals surface area contributed by atoms with Crippen LogP contribution in [0, 0.1) is 0 Å². The molecule has 1 atom stereocenters. The minimum absolute atomic E-state index is 0.0776. The van der Waals surface area contributed by atoms with E-state index >= 15 is 0 Å². The molecule has 0 fully saturated rings. The molecule has 4 heteroatoms. The number of carbonyl (C=O) groups is 2. The summed E-state index contributed by atoms with van der Waals surface area (Å²) in [5, 5.41) is 0. The fourth-order valence-corrected chi connectivity index (χ4v) is 3.34. The highest BCUT2D eigenvalue weighted by atomic mass is 16.5. The molecule has 26 heavy (non-hydrogen) atoms. The summed E-state index contributed by atoms with van der Waals surface area (Å²) >= 11 is 0. The van der Waals surface area contributed by atoms with E-state index < -0.39 is 5.97 Å². The van der Waals surface area contributed by atoms with Gasteiger partial charge >= 0.3 is 5.97 Å². The molecule has 0 heterocycles. The van der Waals surface area contributed by atoms with E-state index in [1.165, 1.54) is 17.5 Å². The first-order chi connectivity index (χ1) is 12.6. The van der Waals surface area contributed by atoms with Crippen LogP contribution in [0.5, 0.6) is 0 Å². The van der Waals surface area contributed by atoms with Crippen LogP contribution < -0.4 is 0 Å². The summed E-state index contributed by atoms with van der Waals surface area (Å²) < 4.78 is 5.26. The lowest BCUT2D eigenvalue weighted by molar-refractivity contribution is -0.135. The Kier molecular flexibility index (Phi) is 5.71. The van der Waals surface area contributed by atoms with E-state index in [2.05, 4.69) is 0 Å². The van der Waals surface area contributed by atoms with Crippen LogP contribution in [-0.4, -0.2) is 30.4 Å². The number of benzene rings is 2. The second-order valence-corrected chi connectivity index (χ2v) is 6.86. The third kappa shape index (κ3) is 4.13. The number of likely N-dealkylation sites (N-methyl/N-ethyl adjacent to an activating group) is 1. The molecule has 0 radical (unpaired) electrons. The fourth-order valence-electron chi connectivity index (χ4n) is 3.34. The molecule has 2 aromatic carbocycles. The lowest BCUT2D eigenvalue weighted by atomic mass is 9.90. The molecule has 0 unspecified atom stereocenters. The number of fused-ring (bicyclic) bond motifs is 1. The van der Waals surface area contributed by atoms with Gasteiger partial charge in [0.15, 0.2) is 6.61 Å². The van der Waals surface area contributed by atoms with Gasteiger partial charge in [-0.2, -0.15) is 0 Å². The predicted molar refractivity (Wildman–Crippen MR) is 101 cm³/mol. The summed E-state index contributed by atoms with van der Waals surface area (Å²) in [7, 11) is 1.73. The van der Waals surface area contributed by atoms with Crippen molar-refractivity contribution in [2.45, 2.75) is 38.6 Å². The van der Waals surface area contributed by atoms with E-state index in [-0.39, 0.29) is 18.6 Å². The van der Waals surface area contributed by atoms with E-state index in [1.807, 2.05) is 49.4 Å². The number of esters is 1. The van der Waals surface area contributed by atoms with Crippen LogP contribution in [0.15, 0.2) is 48.5 Å². The first kappa shape index (κ1) is 18.2. The summed E-state index contributed by atoms with van der Waals surface area (Å²) in [5.74, 6) is -0.653. The Morgan fingerprint density at radius 2 is 1.73 bits per heavy atom. The van der Waals surface area contributed by atoms with Gasteiger partial charge in [0.1, 0.15) is 0 Å². The second-order valence-electron chi connectivity index (χ2n) is 6.86. The number of hydrogen-bond donors (Lipinski definition) is 0. The average molecular weight is 351 g/mol. The molecule has 1 aliphatic carbocycles. The molecule has 0 spiro atoms. The van der Waals surface area contributed by atoms with E-state index in [0.29, 0.717) is 5.56 Å². The molecule has 136 valence electrons. The lowest BCUT2D eigenvalue weighted by Gasteiger charge is -2.25. The monoisotopic (exact) mass is 351 g/mol. The van der Waals surface area contributed by atoms with Gasteiger partial charge in [0.25, 0.3) is 5.91 Å². The zero-order valence-corrected chi connectivity index (χ0v) is 15.4. The van der Waals surface area contributed by atoms with Gasteiger partial charge in [-0.05, 0) is 61.4 Å². The van der Waals surface area contributed by atoms with E-state index in [0.717, 1.165) is 24.8 Å². The van der Waals surface area contributed by atoms with Crippen molar-refractivity contribution in [2.24, 2.45) is 0 Å². The molecule has 0 aromatic heterocycles. The van der Waals surface area contributed by atoms with Crippen molar-refractivity contribution >= 4 is 11.9 Å². The minimum atomic E-state index is -0.438. The molecule has 0 bridgehead atoms. The molecular weight excluding hydrogens is 326 g/mol. The highest BCUT2D eigenvalue weighted by Gasteiger charge is 2.20. The maximum atomic E-state index is 12.4. The van der Waals surface area contributed by atoms with Crippen molar-refractivity contribution in [2.75, 3.05) is 13.7 Å². The second kappa shape index (κ2) is 8.17. The normalized spacial score (nSPS) is 14.2. The Morgan fingerprint density at radius 3 is 2.46 bits per heavy atom. The first-order valence-corrected chi connectivity index (χ1v) is 9.16.